The van der Waals surface area contributed by atoms with Gasteiger partial charge in [-0.2, -0.15) is 0 Å². The summed E-state index contributed by atoms with van der Waals surface area (Å²) in [5.74, 6) is 0.817. The number of para-hydroxylation sites is 1. The van der Waals surface area contributed by atoms with Crippen LogP contribution in [0, 0.1) is 0 Å². The molecule has 0 saturated heterocycles. The van der Waals surface area contributed by atoms with E-state index in [-0.39, 0.29) is 12.6 Å². The minimum atomic E-state index is -0.215. The third kappa shape index (κ3) is 1.84. The van der Waals surface area contributed by atoms with Crippen molar-refractivity contribution < 1.29 is 9.52 Å². The summed E-state index contributed by atoms with van der Waals surface area (Å²) >= 11 is 0. The summed E-state index contributed by atoms with van der Waals surface area (Å²) in [6.45, 7) is 2.17. The van der Waals surface area contributed by atoms with Crippen LogP contribution >= 0.6 is 0 Å². The molecule has 0 aliphatic heterocycles. The summed E-state index contributed by atoms with van der Waals surface area (Å²) in [5.41, 5.74) is 8.03. The normalized spacial score (nSPS) is 13.2. The Morgan fingerprint density at radius 1 is 1.38 bits per heavy atom. The van der Waals surface area contributed by atoms with Crippen molar-refractivity contribution in [2.24, 2.45) is 5.73 Å². The smallest absolute Gasteiger partial charge is 0.134 e. The minimum Gasteiger partial charge on any atom is -0.459 e. The van der Waals surface area contributed by atoms with Crippen LogP contribution in [0.3, 0.4) is 0 Å². The molecule has 0 amide bonds. The fraction of sp³-hybridized carbons (Fsp3) is 0.385. The monoisotopic (exact) mass is 219 g/mol. The van der Waals surface area contributed by atoms with Gasteiger partial charge in [0.1, 0.15) is 11.3 Å². The first-order valence-electron chi connectivity index (χ1n) is 5.64. The molecule has 2 rings (SSSR count). The number of benzene rings is 1. The molecule has 1 unspecified atom stereocenters. The van der Waals surface area contributed by atoms with Crippen LogP contribution in [0.2, 0.25) is 0 Å². The lowest BCUT2D eigenvalue weighted by atomic mass is 10.0. The lowest BCUT2D eigenvalue weighted by Crippen LogP contribution is -2.12. The van der Waals surface area contributed by atoms with Gasteiger partial charge < -0.3 is 15.3 Å². The number of aliphatic hydroxyl groups is 1. The van der Waals surface area contributed by atoms with E-state index < -0.39 is 0 Å². The molecule has 1 aromatic carbocycles. The first-order chi connectivity index (χ1) is 7.77. The first kappa shape index (κ1) is 11.2. The van der Waals surface area contributed by atoms with Crippen molar-refractivity contribution in [3.05, 3.63) is 35.6 Å². The van der Waals surface area contributed by atoms with Gasteiger partial charge in [0.2, 0.25) is 0 Å². The number of aliphatic hydroxyl groups excluding tert-OH is 1. The first-order valence-corrected chi connectivity index (χ1v) is 5.64. The number of hydrogen-bond donors (Lipinski definition) is 2. The van der Waals surface area contributed by atoms with E-state index in [1.807, 2.05) is 24.3 Å². The maximum absolute atomic E-state index is 8.91. The minimum absolute atomic E-state index is 0.0847. The molecule has 0 aliphatic rings. The van der Waals surface area contributed by atoms with Crippen LogP contribution in [0.25, 0.3) is 11.0 Å². The molecular weight excluding hydrogens is 202 g/mol. The number of rotatable bonds is 4. The molecule has 16 heavy (non-hydrogen) atoms. The van der Waals surface area contributed by atoms with E-state index in [9.17, 15) is 0 Å². The molecule has 1 aromatic heterocycles. The molecule has 1 atom stereocenters. The molecular formula is C13H17NO2. The van der Waals surface area contributed by atoms with E-state index in [1.165, 1.54) is 0 Å². The fourth-order valence-corrected chi connectivity index (χ4v) is 2.05. The molecule has 0 spiro atoms. The van der Waals surface area contributed by atoms with Gasteiger partial charge >= 0.3 is 0 Å². The van der Waals surface area contributed by atoms with Crippen LogP contribution in [0.15, 0.2) is 28.7 Å². The van der Waals surface area contributed by atoms with Gasteiger partial charge in [-0.3, -0.25) is 0 Å². The Hall–Kier alpha value is -1.32. The van der Waals surface area contributed by atoms with E-state index >= 15 is 0 Å². The maximum Gasteiger partial charge on any atom is 0.134 e. The predicted octanol–water partition coefficient (Wildman–Crippen LogP) is 2.38. The average molecular weight is 219 g/mol. The third-order valence-corrected chi connectivity index (χ3v) is 2.86. The highest BCUT2D eigenvalue weighted by atomic mass is 16.3. The third-order valence-electron chi connectivity index (χ3n) is 2.86. The highest BCUT2D eigenvalue weighted by Gasteiger charge is 2.17. The van der Waals surface area contributed by atoms with Gasteiger partial charge in [0.15, 0.2) is 0 Å². The van der Waals surface area contributed by atoms with Crippen molar-refractivity contribution in [2.45, 2.75) is 25.8 Å². The fourth-order valence-electron chi connectivity index (χ4n) is 2.05. The molecule has 0 saturated carbocycles. The molecule has 0 aliphatic carbocycles. The van der Waals surface area contributed by atoms with Crippen LogP contribution in [-0.2, 0) is 6.42 Å². The maximum atomic E-state index is 8.91. The largest absolute Gasteiger partial charge is 0.459 e. The van der Waals surface area contributed by atoms with Crippen molar-refractivity contribution in [3.63, 3.8) is 0 Å². The lowest BCUT2D eigenvalue weighted by molar-refractivity contribution is 0.269. The van der Waals surface area contributed by atoms with Crippen molar-refractivity contribution >= 4 is 11.0 Å². The predicted molar refractivity (Wildman–Crippen MR) is 64.2 cm³/mol. The van der Waals surface area contributed by atoms with Crippen molar-refractivity contribution in [3.8, 4) is 0 Å². The second-order valence-electron chi connectivity index (χ2n) is 3.91. The summed E-state index contributed by atoms with van der Waals surface area (Å²) in [7, 11) is 0. The molecule has 2 aromatic rings. The summed E-state index contributed by atoms with van der Waals surface area (Å²) in [5, 5.41) is 10.0. The lowest BCUT2D eigenvalue weighted by Gasteiger charge is -2.08. The van der Waals surface area contributed by atoms with E-state index in [0.717, 1.165) is 28.7 Å². The Labute approximate surface area is 94.9 Å². The Morgan fingerprint density at radius 2 is 2.12 bits per heavy atom. The summed E-state index contributed by atoms with van der Waals surface area (Å²) in [6, 6.07) is 7.73. The number of aryl methyl sites for hydroxylation is 1. The number of hydrogen-bond acceptors (Lipinski definition) is 3. The van der Waals surface area contributed by atoms with Crippen LogP contribution in [0.5, 0.6) is 0 Å². The van der Waals surface area contributed by atoms with E-state index in [0.29, 0.717) is 6.42 Å². The Balaban J connectivity index is 2.51. The molecule has 86 valence electrons. The van der Waals surface area contributed by atoms with Crippen LogP contribution in [0.4, 0.5) is 0 Å². The topological polar surface area (TPSA) is 59.4 Å². The Bertz CT molecular complexity index is 476. The van der Waals surface area contributed by atoms with Crippen molar-refractivity contribution in [1.82, 2.24) is 0 Å². The molecule has 0 fully saturated rings. The Kier molecular flexibility index (Phi) is 3.27. The SMILES string of the molecule is CCc1c(C(N)CCO)oc2ccccc12. The average Bonchev–Trinajstić information content (AvgIpc) is 2.67. The van der Waals surface area contributed by atoms with Gasteiger partial charge in [0.25, 0.3) is 0 Å². The van der Waals surface area contributed by atoms with Crippen LogP contribution < -0.4 is 5.73 Å². The van der Waals surface area contributed by atoms with Gasteiger partial charge in [-0.1, -0.05) is 25.1 Å². The zero-order valence-electron chi connectivity index (χ0n) is 9.44. The molecule has 3 heteroatoms. The number of nitrogens with two attached hydrogens (primary N) is 1. The van der Waals surface area contributed by atoms with Crippen molar-refractivity contribution in [2.75, 3.05) is 6.61 Å². The Morgan fingerprint density at radius 3 is 2.81 bits per heavy atom. The molecule has 3 nitrogen and oxygen atoms in total. The van der Waals surface area contributed by atoms with Gasteiger partial charge in [-0.25, -0.2) is 0 Å². The highest BCUT2D eigenvalue weighted by Crippen LogP contribution is 2.30. The zero-order valence-corrected chi connectivity index (χ0v) is 9.44. The summed E-state index contributed by atoms with van der Waals surface area (Å²) in [4.78, 5) is 0. The highest BCUT2D eigenvalue weighted by molar-refractivity contribution is 5.82. The summed E-state index contributed by atoms with van der Waals surface area (Å²) in [6.07, 6.45) is 1.43. The molecule has 0 radical (unpaired) electrons. The zero-order chi connectivity index (χ0) is 11.5. The second-order valence-corrected chi connectivity index (χ2v) is 3.91. The quantitative estimate of drug-likeness (QED) is 0.830. The van der Waals surface area contributed by atoms with E-state index in [1.54, 1.807) is 0 Å². The van der Waals surface area contributed by atoms with Crippen LogP contribution in [0.1, 0.15) is 30.7 Å². The molecule has 1 heterocycles. The van der Waals surface area contributed by atoms with E-state index in [2.05, 4.69) is 6.92 Å². The van der Waals surface area contributed by atoms with E-state index in [4.69, 9.17) is 15.3 Å². The molecule has 3 N–H and O–H groups in total. The van der Waals surface area contributed by atoms with Gasteiger partial charge in [0, 0.05) is 17.6 Å². The van der Waals surface area contributed by atoms with Crippen molar-refractivity contribution in [1.29, 1.82) is 0 Å². The second kappa shape index (κ2) is 4.68. The van der Waals surface area contributed by atoms with Crippen LogP contribution in [-0.4, -0.2) is 11.7 Å². The van der Waals surface area contributed by atoms with Gasteiger partial charge in [0.05, 0.1) is 6.04 Å². The van der Waals surface area contributed by atoms with Gasteiger partial charge in [-0.05, 0) is 18.9 Å². The number of fused-ring (bicyclic) bond motifs is 1. The summed E-state index contributed by atoms with van der Waals surface area (Å²) < 4.78 is 5.77. The molecule has 0 bridgehead atoms. The van der Waals surface area contributed by atoms with Gasteiger partial charge in [-0.15, -0.1) is 0 Å². The number of furan rings is 1. The standard InChI is InChI=1S/C13H17NO2/c1-2-9-10-5-3-4-6-12(10)16-13(9)11(14)7-8-15/h3-6,11,15H,2,7-8,14H2,1H3.